The molecule has 8 nitrogen and oxygen atoms in total. The van der Waals surface area contributed by atoms with Gasteiger partial charge in [0.2, 0.25) is 0 Å². The molecule has 1 aromatic heterocycles. The molecule has 1 atom stereocenters. The Hall–Kier alpha value is -2.38. The summed E-state index contributed by atoms with van der Waals surface area (Å²) in [5.74, 6) is -0.403. The van der Waals surface area contributed by atoms with E-state index in [2.05, 4.69) is 15.1 Å². The first-order chi connectivity index (χ1) is 13.6. The van der Waals surface area contributed by atoms with Gasteiger partial charge < -0.3 is 19.6 Å². The number of carbonyl (C=O) groups excluding carboxylic acids is 1. The lowest BCUT2D eigenvalue weighted by Crippen LogP contribution is -2.45. The highest BCUT2D eigenvalue weighted by Crippen LogP contribution is 2.34. The third-order valence-electron chi connectivity index (χ3n) is 6.53. The number of carboxylic acids is 1. The number of carbonyl (C=O) groups is 2. The maximum absolute atomic E-state index is 12.4. The smallest absolute Gasteiger partial charge is 0.410 e. The molecule has 0 spiro atoms. The molecule has 1 unspecified atom stereocenters. The van der Waals surface area contributed by atoms with Gasteiger partial charge in [-0.3, -0.25) is 4.79 Å². The second kappa shape index (κ2) is 8.32. The maximum atomic E-state index is 12.4. The predicted octanol–water partition coefficient (Wildman–Crippen LogP) is 2.55. The molecule has 3 fully saturated rings. The number of amides is 1. The van der Waals surface area contributed by atoms with E-state index in [9.17, 15) is 9.59 Å². The lowest BCUT2D eigenvalue weighted by Gasteiger charge is -2.36. The first-order valence-corrected chi connectivity index (χ1v) is 10.3. The van der Waals surface area contributed by atoms with Crippen LogP contribution in [0.3, 0.4) is 0 Å². The molecule has 8 heteroatoms. The molecular formula is C20H28N4O4. The molecular weight excluding hydrogens is 360 g/mol. The number of anilines is 1. The van der Waals surface area contributed by atoms with Gasteiger partial charge in [-0.2, -0.15) is 10.2 Å². The minimum atomic E-state index is -0.675. The zero-order valence-electron chi connectivity index (χ0n) is 16.1. The summed E-state index contributed by atoms with van der Waals surface area (Å²) in [6.45, 7) is 2.45. The van der Waals surface area contributed by atoms with E-state index in [0.717, 1.165) is 63.7 Å². The van der Waals surface area contributed by atoms with Crippen LogP contribution in [0, 0.1) is 11.8 Å². The second-order valence-corrected chi connectivity index (χ2v) is 8.27. The number of rotatable bonds is 5. The number of nitrogens with zero attached hydrogens (tertiary/aromatic N) is 4. The summed E-state index contributed by atoms with van der Waals surface area (Å²) in [6.07, 6.45) is 9.27. The van der Waals surface area contributed by atoms with Gasteiger partial charge in [0.25, 0.3) is 0 Å². The first kappa shape index (κ1) is 19.0. The molecule has 0 aromatic carbocycles. The Balaban J connectivity index is 1.25. The zero-order chi connectivity index (χ0) is 19.5. The fourth-order valence-electron chi connectivity index (χ4n) is 4.89. The van der Waals surface area contributed by atoms with Gasteiger partial charge in [-0.1, -0.05) is 0 Å². The molecule has 0 bridgehead atoms. The molecule has 1 amide bonds. The SMILES string of the molecule is O=C(O)C1CCC(CC2CN(C3CCN(c4ccnnc4)CC3)C(=O)O2)CC1. The van der Waals surface area contributed by atoms with E-state index in [1.54, 1.807) is 12.4 Å². The normalized spacial score (nSPS) is 29.0. The van der Waals surface area contributed by atoms with Crippen molar-refractivity contribution in [3.05, 3.63) is 18.5 Å². The number of hydrogen-bond donors (Lipinski definition) is 1. The molecule has 2 saturated heterocycles. The molecule has 1 N–H and O–H groups in total. The van der Waals surface area contributed by atoms with Crippen LogP contribution in [0.5, 0.6) is 0 Å². The minimum Gasteiger partial charge on any atom is -0.481 e. The summed E-state index contributed by atoms with van der Waals surface area (Å²) in [5, 5.41) is 16.9. The monoisotopic (exact) mass is 388 g/mol. The van der Waals surface area contributed by atoms with E-state index >= 15 is 0 Å². The Labute approximate surface area is 164 Å². The third kappa shape index (κ3) is 4.20. The minimum absolute atomic E-state index is 0.0543. The topological polar surface area (TPSA) is 95.9 Å². The molecule has 0 radical (unpaired) electrons. The average molecular weight is 388 g/mol. The van der Waals surface area contributed by atoms with E-state index in [1.807, 2.05) is 11.0 Å². The van der Waals surface area contributed by atoms with Crippen molar-refractivity contribution in [3.8, 4) is 0 Å². The fourth-order valence-corrected chi connectivity index (χ4v) is 4.89. The van der Waals surface area contributed by atoms with Crippen LogP contribution in [-0.2, 0) is 9.53 Å². The summed E-state index contributed by atoms with van der Waals surface area (Å²) >= 11 is 0. The van der Waals surface area contributed by atoms with E-state index in [-0.39, 0.29) is 24.2 Å². The van der Waals surface area contributed by atoms with Crippen LogP contribution >= 0.6 is 0 Å². The van der Waals surface area contributed by atoms with Crippen LogP contribution in [0.25, 0.3) is 0 Å². The lowest BCUT2D eigenvalue weighted by atomic mass is 9.79. The van der Waals surface area contributed by atoms with Gasteiger partial charge in [-0.25, -0.2) is 4.79 Å². The third-order valence-corrected chi connectivity index (χ3v) is 6.53. The Morgan fingerprint density at radius 3 is 2.54 bits per heavy atom. The number of hydrogen-bond acceptors (Lipinski definition) is 6. The van der Waals surface area contributed by atoms with Crippen molar-refractivity contribution in [1.29, 1.82) is 0 Å². The van der Waals surface area contributed by atoms with Crippen molar-refractivity contribution in [2.24, 2.45) is 11.8 Å². The van der Waals surface area contributed by atoms with Gasteiger partial charge in [-0.05, 0) is 56.9 Å². The van der Waals surface area contributed by atoms with E-state index in [4.69, 9.17) is 9.84 Å². The fraction of sp³-hybridized carbons (Fsp3) is 0.700. The zero-order valence-corrected chi connectivity index (χ0v) is 16.1. The first-order valence-electron chi connectivity index (χ1n) is 10.3. The van der Waals surface area contributed by atoms with Crippen LogP contribution < -0.4 is 4.90 Å². The number of aromatic nitrogens is 2. The molecule has 4 rings (SSSR count). The Morgan fingerprint density at radius 1 is 1.14 bits per heavy atom. The van der Waals surface area contributed by atoms with Gasteiger partial charge in [-0.15, -0.1) is 0 Å². The van der Waals surface area contributed by atoms with Crippen molar-refractivity contribution in [1.82, 2.24) is 15.1 Å². The van der Waals surface area contributed by atoms with Crippen LogP contribution in [0.2, 0.25) is 0 Å². The highest BCUT2D eigenvalue weighted by molar-refractivity contribution is 5.70. The quantitative estimate of drug-likeness (QED) is 0.828. The molecule has 3 heterocycles. The van der Waals surface area contributed by atoms with E-state index in [1.165, 1.54) is 0 Å². The molecule has 1 saturated carbocycles. The van der Waals surface area contributed by atoms with Gasteiger partial charge in [0.1, 0.15) is 6.10 Å². The van der Waals surface area contributed by atoms with Crippen molar-refractivity contribution in [2.75, 3.05) is 24.5 Å². The largest absolute Gasteiger partial charge is 0.481 e. The van der Waals surface area contributed by atoms with E-state index < -0.39 is 5.97 Å². The molecule has 1 aromatic rings. The number of ether oxygens (including phenoxy) is 1. The summed E-state index contributed by atoms with van der Waals surface area (Å²) < 4.78 is 5.65. The van der Waals surface area contributed by atoms with Crippen LogP contribution in [0.15, 0.2) is 18.5 Å². The molecule has 2 aliphatic heterocycles. The number of cyclic esters (lactones) is 1. The molecule has 1 aliphatic carbocycles. The highest BCUT2D eigenvalue weighted by Gasteiger charge is 2.39. The Bertz CT molecular complexity index is 685. The Morgan fingerprint density at radius 2 is 1.89 bits per heavy atom. The summed E-state index contributed by atoms with van der Waals surface area (Å²) in [6, 6.07) is 2.19. The number of aliphatic carboxylic acids is 1. The van der Waals surface area contributed by atoms with Gasteiger partial charge in [0.05, 0.1) is 30.5 Å². The van der Waals surface area contributed by atoms with Crippen molar-refractivity contribution < 1.29 is 19.4 Å². The number of piperidine rings is 1. The van der Waals surface area contributed by atoms with Crippen LogP contribution in [-0.4, -0.2) is 64.0 Å². The van der Waals surface area contributed by atoms with Crippen molar-refractivity contribution in [2.45, 2.75) is 57.1 Å². The van der Waals surface area contributed by atoms with Crippen molar-refractivity contribution in [3.63, 3.8) is 0 Å². The number of carboxylic acid groups (broad SMARTS) is 1. The standard InChI is InChI=1S/C20H28N4O4/c25-19(26)15-3-1-14(2-4-15)11-18-13-24(20(27)28-18)16-6-9-23(10-7-16)17-5-8-21-22-12-17/h5,8,12,14-16,18H,1-4,6-7,9-11,13H2,(H,25,26). The second-order valence-electron chi connectivity index (χ2n) is 8.27. The average Bonchev–Trinajstić information content (AvgIpc) is 3.09. The molecule has 3 aliphatic rings. The summed E-state index contributed by atoms with van der Waals surface area (Å²) in [7, 11) is 0. The van der Waals surface area contributed by atoms with Crippen molar-refractivity contribution >= 4 is 17.7 Å². The Kier molecular flexibility index (Phi) is 5.64. The van der Waals surface area contributed by atoms with Crippen LogP contribution in [0.1, 0.15) is 44.9 Å². The predicted molar refractivity (Wildman–Crippen MR) is 102 cm³/mol. The lowest BCUT2D eigenvalue weighted by molar-refractivity contribution is -0.143. The maximum Gasteiger partial charge on any atom is 0.410 e. The van der Waals surface area contributed by atoms with Gasteiger partial charge in [0.15, 0.2) is 0 Å². The van der Waals surface area contributed by atoms with E-state index in [0.29, 0.717) is 12.5 Å². The molecule has 28 heavy (non-hydrogen) atoms. The van der Waals surface area contributed by atoms with Gasteiger partial charge in [0, 0.05) is 19.1 Å². The molecule has 152 valence electrons. The highest BCUT2D eigenvalue weighted by atomic mass is 16.6. The van der Waals surface area contributed by atoms with Crippen LogP contribution in [0.4, 0.5) is 10.5 Å². The van der Waals surface area contributed by atoms with Gasteiger partial charge >= 0.3 is 12.1 Å². The summed E-state index contributed by atoms with van der Waals surface area (Å²) in [5.41, 5.74) is 1.08. The summed E-state index contributed by atoms with van der Waals surface area (Å²) in [4.78, 5) is 27.7.